The summed E-state index contributed by atoms with van der Waals surface area (Å²) < 4.78 is 1.97. The van der Waals surface area contributed by atoms with Crippen molar-refractivity contribution in [3.63, 3.8) is 0 Å². The number of aromatic nitrogens is 2. The van der Waals surface area contributed by atoms with Gasteiger partial charge in [0.2, 0.25) is 0 Å². The molecule has 1 aromatic heterocycles. The molecule has 2 N–H and O–H groups in total. The number of likely N-dealkylation sites (tertiary alicyclic amines) is 1. The summed E-state index contributed by atoms with van der Waals surface area (Å²) in [5, 5.41) is 22.8. The molecule has 5 nitrogen and oxygen atoms in total. The summed E-state index contributed by atoms with van der Waals surface area (Å²) in [5.74, 6) is 0.720. The minimum absolute atomic E-state index is 0.00241. The first-order valence-corrected chi connectivity index (χ1v) is 6.74. The predicted molar refractivity (Wildman–Crippen MR) is 69.0 cm³/mol. The van der Waals surface area contributed by atoms with Gasteiger partial charge in [0.1, 0.15) is 0 Å². The zero-order valence-corrected chi connectivity index (χ0v) is 10.8. The maximum Gasteiger partial charge on any atom is 0.456 e. The van der Waals surface area contributed by atoms with Gasteiger partial charge in [-0.1, -0.05) is 0 Å². The van der Waals surface area contributed by atoms with Crippen LogP contribution in [0.15, 0.2) is 6.20 Å². The second kappa shape index (κ2) is 4.68. The van der Waals surface area contributed by atoms with Crippen LogP contribution >= 0.6 is 0 Å². The third-order valence-electron chi connectivity index (χ3n) is 4.21. The van der Waals surface area contributed by atoms with Gasteiger partial charge in [-0.25, -0.2) is 0 Å². The molecular weight excluding hydrogens is 229 g/mol. The van der Waals surface area contributed by atoms with Crippen LogP contribution < -0.4 is 0 Å². The summed E-state index contributed by atoms with van der Waals surface area (Å²) >= 11 is 0. The van der Waals surface area contributed by atoms with E-state index >= 15 is 0 Å². The van der Waals surface area contributed by atoms with Gasteiger partial charge in [-0.15, -0.1) is 0 Å². The van der Waals surface area contributed by atoms with Gasteiger partial charge in [-0.2, -0.15) is 5.10 Å². The molecule has 3 rings (SSSR count). The first-order valence-electron chi connectivity index (χ1n) is 6.74. The Balaban J connectivity index is 1.68. The van der Waals surface area contributed by atoms with Crippen LogP contribution in [-0.4, -0.2) is 44.9 Å². The molecule has 1 saturated heterocycles. The fraction of sp³-hybridized carbons (Fsp3) is 0.750. The van der Waals surface area contributed by atoms with Gasteiger partial charge in [0.05, 0.1) is 11.9 Å². The number of hydrogen-bond acceptors (Lipinski definition) is 4. The molecule has 1 aliphatic heterocycles. The molecule has 18 heavy (non-hydrogen) atoms. The Morgan fingerprint density at radius 1 is 1.39 bits per heavy atom. The second-order valence-corrected chi connectivity index (χ2v) is 5.64. The van der Waals surface area contributed by atoms with Gasteiger partial charge in [-0.3, -0.25) is 9.58 Å². The van der Waals surface area contributed by atoms with E-state index in [0.29, 0.717) is 0 Å². The average molecular weight is 249 g/mol. The Morgan fingerprint density at radius 3 is 2.78 bits per heavy atom. The third-order valence-corrected chi connectivity index (χ3v) is 4.21. The number of aryl methyl sites for hydroxylation is 1. The van der Waals surface area contributed by atoms with E-state index in [1.165, 1.54) is 24.1 Å². The monoisotopic (exact) mass is 249 g/mol. The number of hydrogen-bond donors (Lipinski definition) is 2. The topological polar surface area (TPSA) is 61.5 Å². The van der Waals surface area contributed by atoms with Crippen LogP contribution in [0.25, 0.3) is 0 Å². The molecule has 98 valence electrons. The van der Waals surface area contributed by atoms with Crippen LogP contribution in [-0.2, 0) is 13.6 Å². The van der Waals surface area contributed by atoms with E-state index in [1.807, 2.05) is 17.9 Å². The Hall–Kier alpha value is -0.845. The highest BCUT2D eigenvalue weighted by atomic mass is 16.4. The minimum Gasteiger partial charge on any atom is -0.427 e. The number of nitrogens with zero attached hydrogens (tertiary/aromatic N) is 3. The molecular formula is C12H20BN3O2. The first-order chi connectivity index (χ1) is 8.65. The molecule has 2 fully saturated rings. The lowest BCUT2D eigenvalue weighted by molar-refractivity contribution is 0.312. The average Bonchev–Trinajstić information content (AvgIpc) is 2.95. The van der Waals surface area contributed by atoms with Crippen molar-refractivity contribution < 1.29 is 10.0 Å². The van der Waals surface area contributed by atoms with E-state index < -0.39 is 7.12 Å². The molecule has 0 amide bonds. The van der Waals surface area contributed by atoms with E-state index in [-0.39, 0.29) is 5.82 Å². The number of rotatable bonds is 4. The molecule has 2 aliphatic rings. The summed E-state index contributed by atoms with van der Waals surface area (Å²) in [6.45, 7) is 2.59. The Bertz CT molecular complexity index is 431. The quantitative estimate of drug-likeness (QED) is 0.756. The molecule has 0 spiro atoms. The summed E-state index contributed by atoms with van der Waals surface area (Å²) in [5.41, 5.74) is 2.69. The second-order valence-electron chi connectivity index (χ2n) is 5.64. The molecule has 1 unspecified atom stereocenters. The van der Waals surface area contributed by atoms with Crippen LogP contribution in [0.1, 0.15) is 36.4 Å². The van der Waals surface area contributed by atoms with E-state index in [1.54, 1.807) is 0 Å². The van der Waals surface area contributed by atoms with Gasteiger partial charge in [0.15, 0.2) is 0 Å². The smallest absolute Gasteiger partial charge is 0.427 e. The normalized spacial score (nSPS) is 24.7. The van der Waals surface area contributed by atoms with Crippen molar-refractivity contribution in [2.45, 2.75) is 37.5 Å². The van der Waals surface area contributed by atoms with Crippen LogP contribution in [0.3, 0.4) is 0 Å². The molecule has 0 radical (unpaired) electrons. The van der Waals surface area contributed by atoms with Crippen LogP contribution in [0.2, 0.25) is 5.82 Å². The molecule has 1 saturated carbocycles. The zero-order valence-electron chi connectivity index (χ0n) is 10.8. The maximum atomic E-state index is 9.21. The minimum atomic E-state index is -1.18. The fourth-order valence-corrected chi connectivity index (χ4v) is 2.87. The van der Waals surface area contributed by atoms with E-state index in [2.05, 4.69) is 10.00 Å². The van der Waals surface area contributed by atoms with Gasteiger partial charge in [0, 0.05) is 19.4 Å². The molecule has 1 atom stereocenters. The van der Waals surface area contributed by atoms with Crippen LogP contribution in [0.4, 0.5) is 0 Å². The third kappa shape index (κ3) is 2.32. The van der Waals surface area contributed by atoms with Crippen molar-refractivity contribution in [3.05, 3.63) is 17.5 Å². The largest absolute Gasteiger partial charge is 0.456 e. The van der Waals surface area contributed by atoms with E-state index in [4.69, 9.17) is 0 Å². The Morgan fingerprint density at radius 2 is 2.17 bits per heavy atom. The Labute approximate surface area is 108 Å². The summed E-state index contributed by atoms with van der Waals surface area (Å²) in [6, 6.07) is 0. The maximum absolute atomic E-state index is 9.21. The van der Waals surface area contributed by atoms with Gasteiger partial charge in [0.25, 0.3) is 0 Å². The van der Waals surface area contributed by atoms with Crippen LogP contribution in [0.5, 0.6) is 0 Å². The Kier molecular flexibility index (Phi) is 3.17. The van der Waals surface area contributed by atoms with Gasteiger partial charge >= 0.3 is 7.12 Å². The molecule has 2 heterocycles. The van der Waals surface area contributed by atoms with Crippen LogP contribution in [0, 0.1) is 0 Å². The molecule has 6 heteroatoms. The molecule has 1 aliphatic carbocycles. The highest BCUT2D eigenvalue weighted by Crippen LogP contribution is 2.42. The van der Waals surface area contributed by atoms with Gasteiger partial charge in [-0.05, 0) is 43.8 Å². The predicted octanol–water partition coefficient (Wildman–Crippen LogP) is 0.346. The molecule has 0 bridgehead atoms. The van der Waals surface area contributed by atoms with Crippen molar-refractivity contribution >= 4 is 7.12 Å². The highest BCUT2D eigenvalue weighted by Gasteiger charge is 2.33. The molecule has 1 aromatic rings. The van der Waals surface area contributed by atoms with E-state index in [0.717, 1.165) is 32.0 Å². The lowest BCUT2D eigenvalue weighted by Crippen LogP contribution is -2.26. The van der Waals surface area contributed by atoms with Crippen molar-refractivity contribution in [3.8, 4) is 0 Å². The van der Waals surface area contributed by atoms with Crippen molar-refractivity contribution in [2.24, 2.45) is 7.05 Å². The van der Waals surface area contributed by atoms with Crippen molar-refractivity contribution in [2.75, 3.05) is 13.1 Å². The summed E-state index contributed by atoms with van der Waals surface area (Å²) in [6.07, 6.45) is 5.45. The first kappa shape index (κ1) is 12.2. The lowest BCUT2D eigenvalue weighted by atomic mass is 9.72. The standard InChI is InChI=1S/C12H20BN3O2/c1-15-12(11(6-14-15)9-2-3-9)8-16-5-4-10(7-16)13(17)18/h6,9-10,17-18H,2-5,7-8H2,1H3. The summed E-state index contributed by atoms with van der Waals surface area (Å²) in [4.78, 5) is 2.30. The zero-order chi connectivity index (χ0) is 12.7. The SMILES string of the molecule is Cn1ncc(C2CC2)c1CN1CCC(B(O)O)C1. The van der Waals surface area contributed by atoms with Crippen molar-refractivity contribution in [1.82, 2.24) is 14.7 Å². The van der Waals surface area contributed by atoms with Crippen molar-refractivity contribution in [1.29, 1.82) is 0 Å². The van der Waals surface area contributed by atoms with E-state index in [9.17, 15) is 10.0 Å². The summed E-state index contributed by atoms with van der Waals surface area (Å²) in [7, 11) is 0.819. The lowest BCUT2D eigenvalue weighted by Gasteiger charge is -2.17. The fourth-order valence-electron chi connectivity index (χ4n) is 2.87. The van der Waals surface area contributed by atoms with Gasteiger partial charge < -0.3 is 10.0 Å². The molecule has 0 aromatic carbocycles. The highest BCUT2D eigenvalue weighted by molar-refractivity contribution is 6.43.